The van der Waals surface area contributed by atoms with Crippen LogP contribution in [-0.4, -0.2) is 0 Å². The summed E-state index contributed by atoms with van der Waals surface area (Å²) in [5.41, 5.74) is 1.07. The number of hydrogen-bond acceptors (Lipinski definition) is 2. The van der Waals surface area contributed by atoms with Crippen molar-refractivity contribution < 1.29 is 4.39 Å². The van der Waals surface area contributed by atoms with Gasteiger partial charge in [0.2, 0.25) is 0 Å². The molecule has 1 aromatic carbocycles. The Labute approximate surface area is 119 Å². The van der Waals surface area contributed by atoms with Crippen molar-refractivity contribution in [1.82, 2.24) is 5.32 Å². The zero-order valence-electron chi connectivity index (χ0n) is 10.3. The second kappa shape index (κ2) is 5.95. The predicted molar refractivity (Wildman–Crippen MR) is 78.4 cm³/mol. The number of rotatable bonds is 4. The number of nitrogens with one attached hydrogen (secondary N) is 1. The molecule has 0 aliphatic carbocycles. The van der Waals surface area contributed by atoms with Crippen LogP contribution in [0.25, 0.3) is 0 Å². The first kappa shape index (κ1) is 13.7. The van der Waals surface area contributed by atoms with Crippen molar-refractivity contribution in [2.75, 3.05) is 0 Å². The molecule has 2 rings (SSSR count). The van der Waals surface area contributed by atoms with Crippen LogP contribution in [-0.2, 0) is 0 Å². The highest BCUT2D eigenvalue weighted by atomic mass is 79.9. The zero-order valence-corrected chi connectivity index (χ0v) is 12.7. The van der Waals surface area contributed by atoms with Gasteiger partial charge in [-0.1, -0.05) is 28.1 Å². The molecular weight excluding hydrogens is 313 g/mol. The molecule has 0 amide bonds. The molecule has 0 aliphatic heterocycles. The summed E-state index contributed by atoms with van der Waals surface area (Å²) >= 11 is 5.15. The molecule has 1 nitrogen and oxygen atoms in total. The molecule has 2 atom stereocenters. The van der Waals surface area contributed by atoms with Crippen molar-refractivity contribution in [2.45, 2.75) is 25.9 Å². The summed E-state index contributed by atoms with van der Waals surface area (Å²) in [4.78, 5) is 1.31. The molecule has 1 aromatic heterocycles. The Morgan fingerprint density at radius 2 is 2.00 bits per heavy atom. The average Bonchev–Trinajstić information content (AvgIpc) is 2.81. The summed E-state index contributed by atoms with van der Waals surface area (Å²) in [6, 6.07) is 9.44. The molecular formula is C14H15BrFNS. The lowest BCUT2D eigenvalue weighted by Crippen LogP contribution is -2.22. The topological polar surface area (TPSA) is 12.0 Å². The molecule has 2 aromatic rings. The maximum atomic E-state index is 13.0. The molecule has 18 heavy (non-hydrogen) atoms. The standard InChI is InChI=1S/C14H15BrFNS/c1-9(12-6-5-11(16)8-13(12)15)17-10(2)14-4-3-7-18-14/h3-10,17H,1-2H3/t9?,10-/m0/s1. The van der Waals surface area contributed by atoms with Gasteiger partial charge in [-0.25, -0.2) is 4.39 Å². The summed E-state index contributed by atoms with van der Waals surface area (Å²) in [7, 11) is 0. The van der Waals surface area contributed by atoms with Crippen LogP contribution in [0.5, 0.6) is 0 Å². The molecule has 0 saturated carbocycles. The van der Waals surface area contributed by atoms with Crippen molar-refractivity contribution in [3.05, 3.63) is 56.4 Å². The smallest absolute Gasteiger partial charge is 0.124 e. The zero-order chi connectivity index (χ0) is 13.1. The minimum atomic E-state index is -0.218. The Bertz CT molecular complexity index is 513. The van der Waals surface area contributed by atoms with Crippen LogP contribution in [0, 0.1) is 5.82 Å². The first-order valence-corrected chi connectivity index (χ1v) is 7.49. The number of halogens is 2. The fraction of sp³-hybridized carbons (Fsp3) is 0.286. The van der Waals surface area contributed by atoms with Crippen molar-refractivity contribution in [2.24, 2.45) is 0 Å². The third-order valence-electron chi connectivity index (χ3n) is 2.90. The van der Waals surface area contributed by atoms with E-state index in [1.807, 2.05) is 6.07 Å². The minimum absolute atomic E-state index is 0.164. The number of thiophene rings is 1. The summed E-state index contributed by atoms with van der Waals surface area (Å²) < 4.78 is 13.9. The fourth-order valence-corrected chi connectivity index (χ4v) is 3.38. The molecule has 1 unspecified atom stereocenters. The van der Waals surface area contributed by atoms with E-state index in [2.05, 4.69) is 52.6 Å². The minimum Gasteiger partial charge on any atom is -0.303 e. The third-order valence-corrected chi connectivity index (χ3v) is 4.64. The Morgan fingerprint density at radius 1 is 1.22 bits per heavy atom. The first-order valence-electron chi connectivity index (χ1n) is 5.82. The van der Waals surface area contributed by atoms with E-state index < -0.39 is 0 Å². The molecule has 1 N–H and O–H groups in total. The second-order valence-corrected chi connectivity index (χ2v) is 6.12. The molecule has 96 valence electrons. The lowest BCUT2D eigenvalue weighted by Gasteiger charge is -2.20. The van der Waals surface area contributed by atoms with E-state index in [9.17, 15) is 4.39 Å². The van der Waals surface area contributed by atoms with Crippen LogP contribution in [0.2, 0.25) is 0 Å². The van der Waals surface area contributed by atoms with E-state index in [1.54, 1.807) is 11.3 Å². The van der Waals surface area contributed by atoms with E-state index in [4.69, 9.17) is 0 Å². The van der Waals surface area contributed by atoms with E-state index in [0.29, 0.717) is 0 Å². The summed E-state index contributed by atoms with van der Waals surface area (Å²) in [6.07, 6.45) is 0. The third kappa shape index (κ3) is 3.19. The Morgan fingerprint density at radius 3 is 2.61 bits per heavy atom. The first-order chi connectivity index (χ1) is 8.58. The highest BCUT2D eigenvalue weighted by Crippen LogP contribution is 2.27. The molecule has 4 heteroatoms. The van der Waals surface area contributed by atoms with E-state index in [1.165, 1.54) is 17.0 Å². The van der Waals surface area contributed by atoms with Crippen LogP contribution in [0.4, 0.5) is 4.39 Å². The van der Waals surface area contributed by atoms with Crippen LogP contribution in [0.1, 0.15) is 36.4 Å². The van der Waals surface area contributed by atoms with Gasteiger partial charge >= 0.3 is 0 Å². The highest BCUT2D eigenvalue weighted by Gasteiger charge is 2.14. The highest BCUT2D eigenvalue weighted by molar-refractivity contribution is 9.10. The van der Waals surface area contributed by atoms with Gasteiger partial charge in [-0.15, -0.1) is 11.3 Å². The van der Waals surface area contributed by atoms with Gasteiger partial charge in [-0.3, -0.25) is 0 Å². The molecule has 0 bridgehead atoms. The van der Waals surface area contributed by atoms with Gasteiger partial charge in [0.05, 0.1) is 0 Å². The monoisotopic (exact) mass is 327 g/mol. The predicted octanol–water partition coefficient (Wildman–Crippen LogP) is 5.06. The Balaban J connectivity index is 2.10. The van der Waals surface area contributed by atoms with Gasteiger partial charge in [-0.05, 0) is 43.0 Å². The molecule has 0 radical (unpaired) electrons. The molecule has 0 aliphatic rings. The SMILES string of the molecule is CC(N[C@@H](C)c1cccs1)c1ccc(F)cc1Br. The Kier molecular flexibility index (Phi) is 4.54. The van der Waals surface area contributed by atoms with Gasteiger partial charge < -0.3 is 5.32 Å². The summed E-state index contributed by atoms with van der Waals surface area (Å²) in [5.74, 6) is -0.218. The normalized spacial score (nSPS) is 14.4. The van der Waals surface area contributed by atoms with Gasteiger partial charge in [0.15, 0.2) is 0 Å². The average molecular weight is 328 g/mol. The van der Waals surface area contributed by atoms with Crippen molar-refractivity contribution >= 4 is 27.3 Å². The van der Waals surface area contributed by atoms with E-state index in [0.717, 1.165) is 10.0 Å². The van der Waals surface area contributed by atoms with Crippen LogP contribution < -0.4 is 5.32 Å². The lowest BCUT2D eigenvalue weighted by molar-refractivity contribution is 0.498. The van der Waals surface area contributed by atoms with Crippen LogP contribution >= 0.6 is 27.3 Å². The number of hydrogen-bond donors (Lipinski definition) is 1. The van der Waals surface area contributed by atoms with E-state index in [-0.39, 0.29) is 17.9 Å². The summed E-state index contributed by atoms with van der Waals surface area (Å²) in [5, 5.41) is 5.59. The largest absolute Gasteiger partial charge is 0.303 e. The van der Waals surface area contributed by atoms with Crippen molar-refractivity contribution in [3.63, 3.8) is 0 Å². The van der Waals surface area contributed by atoms with Gasteiger partial charge in [0.1, 0.15) is 5.82 Å². The van der Waals surface area contributed by atoms with Crippen molar-refractivity contribution in [3.8, 4) is 0 Å². The number of benzene rings is 1. The maximum Gasteiger partial charge on any atom is 0.124 e. The van der Waals surface area contributed by atoms with Crippen LogP contribution in [0.3, 0.4) is 0 Å². The molecule has 0 spiro atoms. The van der Waals surface area contributed by atoms with Crippen LogP contribution in [0.15, 0.2) is 40.2 Å². The van der Waals surface area contributed by atoms with Gasteiger partial charge in [0.25, 0.3) is 0 Å². The molecule has 0 fully saturated rings. The maximum absolute atomic E-state index is 13.0. The van der Waals surface area contributed by atoms with Gasteiger partial charge in [0, 0.05) is 21.4 Å². The second-order valence-electron chi connectivity index (χ2n) is 4.29. The summed E-state index contributed by atoms with van der Waals surface area (Å²) in [6.45, 7) is 4.22. The quantitative estimate of drug-likeness (QED) is 0.827. The lowest BCUT2D eigenvalue weighted by atomic mass is 10.1. The van der Waals surface area contributed by atoms with E-state index >= 15 is 0 Å². The Hall–Kier alpha value is -0.710. The molecule has 0 saturated heterocycles. The fourth-order valence-electron chi connectivity index (χ4n) is 1.94. The van der Waals surface area contributed by atoms with Crippen molar-refractivity contribution in [1.29, 1.82) is 0 Å². The molecule has 1 heterocycles. The van der Waals surface area contributed by atoms with Gasteiger partial charge in [-0.2, -0.15) is 0 Å².